The largest absolute Gasteiger partial charge is 0.507 e. The highest BCUT2D eigenvalue weighted by Gasteiger charge is 2.44. The molecule has 12 heteroatoms. The number of phenolic OH excluding ortho intramolecular Hbond substituents is 1. The van der Waals surface area contributed by atoms with E-state index in [9.17, 15) is 24.6 Å². The number of carbonyl (C=O) groups is 3. The van der Waals surface area contributed by atoms with Crippen LogP contribution in [0.5, 0.6) is 5.75 Å². The molecule has 0 aromatic heterocycles. The summed E-state index contributed by atoms with van der Waals surface area (Å²) < 4.78 is 6.05. The van der Waals surface area contributed by atoms with Crippen molar-refractivity contribution in [3.8, 4) is 5.75 Å². The number of nitrogens with one attached hydrogen (secondary N) is 1. The van der Waals surface area contributed by atoms with Crippen molar-refractivity contribution in [3.63, 3.8) is 0 Å². The fraction of sp³-hybridized carbons (Fsp3) is 0.545. The molecule has 242 valence electrons. The molecule has 2 unspecified atom stereocenters. The highest BCUT2D eigenvalue weighted by atomic mass is 79.9. The molecule has 6 rings (SSSR count). The zero-order valence-corrected chi connectivity index (χ0v) is 27.0. The van der Waals surface area contributed by atoms with E-state index in [1.54, 1.807) is 18.2 Å². The van der Waals surface area contributed by atoms with Crippen molar-refractivity contribution in [2.24, 2.45) is 5.92 Å². The summed E-state index contributed by atoms with van der Waals surface area (Å²) in [6.45, 7) is 5.28. The van der Waals surface area contributed by atoms with E-state index in [-0.39, 0.29) is 30.3 Å². The molecular formula is C33H42BrN5O6. The number of likely N-dealkylation sites (tertiary alicyclic amines) is 2. The lowest BCUT2D eigenvalue weighted by Gasteiger charge is -2.46. The van der Waals surface area contributed by atoms with Crippen LogP contribution >= 0.6 is 15.9 Å². The molecule has 0 bridgehead atoms. The van der Waals surface area contributed by atoms with Gasteiger partial charge in [0.2, 0.25) is 5.91 Å². The van der Waals surface area contributed by atoms with Crippen LogP contribution in [0.25, 0.3) is 0 Å². The second-order valence-electron chi connectivity index (χ2n) is 12.6. The number of aromatic hydroxyl groups is 1. The Kier molecular flexibility index (Phi) is 9.81. The van der Waals surface area contributed by atoms with Gasteiger partial charge < -0.3 is 35.0 Å². The van der Waals surface area contributed by atoms with E-state index in [1.165, 1.54) is 4.90 Å². The zero-order valence-electron chi connectivity index (χ0n) is 25.4. The third-order valence-corrected chi connectivity index (χ3v) is 10.7. The summed E-state index contributed by atoms with van der Waals surface area (Å²) in [7, 11) is 0. The molecule has 3 atom stereocenters. The Hall–Kier alpha value is -3.35. The van der Waals surface area contributed by atoms with Gasteiger partial charge >= 0.3 is 12.1 Å². The highest BCUT2D eigenvalue weighted by molar-refractivity contribution is 9.10. The lowest BCUT2D eigenvalue weighted by molar-refractivity contribution is -0.140. The number of piperidine rings is 2. The second kappa shape index (κ2) is 14.0. The van der Waals surface area contributed by atoms with Crippen LogP contribution in [0.15, 0.2) is 46.9 Å². The number of nitrogens with zero attached hydrogens (tertiary/aromatic N) is 4. The van der Waals surface area contributed by atoms with Crippen LogP contribution in [0, 0.1) is 5.92 Å². The van der Waals surface area contributed by atoms with Gasteiger partial charge in [-0.05, 0) is 83.8 Å². The number of benzene rings is 2. The number of urea groups is 1. The maximum absolute atomic E-state index is 14.5. The third-order valence-electron chi connectivity index (χ3n) is 10.0. The molecule has 4 aliphatic heterocycles. The molecule has 4 heterocycles. The van der Waals surface area contributed by atoms with Gasteiger partial charge in [0, 0.05) is 63.1 Å². The number of anilines is 1. The van der Waals surface area contributed by atoms with Crippen molar-refractivity contribution in [2.75, 3.05) is 57.8 Å². The Balaban J connectivity index is 1.24. The SMILES string of the molecule is O=C(C(Cc1ccc(O)c(Br)c1)[C@H]1CC(N2CCc3ccccc3NC2=O)CCN1C(=O)O)N1CCC(N2CCOCC2)CC1. The maximum Gasteiger partial charge on any atom is 0.407 e. The van der Waals surface area contributed by atoms with Gasteiger partial charge in [0.25, 0.3) is 0 Å². The minimum Gasteiger partial charge on any atom is -0.507 e. The molecular weight excluding hydrogens is 642 g/mol. The number of para-hydroxylation sites is 1. The Morgan fingerprint density at radius 3 is 2.44 bits per heavy atom. The van der Waals surface area contributed by atoms with Gasteiger partial charge in [-0.15, -0.1) is 0 Å². The molecule has 4 aliphatic rings. The smallest absolute Gasteiger partial charge is 0.407 e. The van der Waals surface area contributed by atoms with Gasteiger partial charge in [0.15, 0.2) is 0 Å². The van der Waals surface area contributed by atoms with Gasteiger partial charge in [-0.2, -0.15) is 0 Å². The van der Waals surface area contributed by atoms with Gasteiger partial charge in [0.05, 0.1) is 23.6 Å². The quantitative estimate of drug-likeness (QED) is 0.416. The van der Waals surface area contributed by atoms with Crippen molar-refractivity contribution >= 4 is 39.6 Å². The van der Waals surface area contributed by atoms with Crippen LogP contribution in [0.1, 0.15) is 36.8 Å². The summed E-state index contributed by atoms with van der Waals surface area (Å²) in [6.07, 6.45) is 2.57. The third kappa shape index (κ3) is 7.07. The number of halogens is 1. The van der Waals surface area contributed by atoms with Gasteiger partial charge in [-0.1, -0.05) is 24.3 Å². The minimum atomic E-state index is -1.05. The fourth-order valence-electron chi connectivity index (χ4n) is 7.57. The lowest BCUT2D eigenvalue weighted by atomic mass is 9.82. The van der Waals surface area contributed by atoms with E-state index in [4.69, 9.17) is 4.74 Å². The molecule has 4 amide bonds. The van der Waals surface area contributed by atoms with E-state index in [0.29, 0.717) is 55.8 Å². The Morgan fingerprint density at radius 2 is 1.71 bits per heavy atom. The summed E-state index contributed by atoms with van der Waals surface area (Å²) in [5.41, 5.74) is 2.70. The highest BCUT2D eigenvalue weighted by Crippen LogP contribution is 2.34. The minimum absolute atomic E-state index is 0.0516. The molecule has 0 spiro atoms. The first-order valence-electron chi connectivity index (χ1n) is 16.0. The number of carboxylic acid groups (broad SMARTS) is 1. The van der Waals surface area contributed by atoms with Crippen LogP contribution < -0.4 is 5.32 Å². The van der Waals surface area contributed by atoms with Crippen molar-refractivity contribution in [3.05, 3.63) is 58.1 Å². The molecule has 0 saturated carbocycles. The summed E-state index contributed by atoms with van der Waals surface area (Å²) in [4.78, 5) is 48.2. The normalized spacial score (nSPS) is 24.0. The number of fused-ring (bicyclic) bond motifs is 1. The molecule has 3 fully saturated rings. The van der Waals surface area contributed by atoms with Crippen molar-refractivity contribution in [1.82, 2.24) is 19.6 Å². The van der Waals surface area contributed by atoms with Gasteiger partial charge in [0.1, 0.15) is 5.75 Å². The Labute approximate surface area is 272 Å². The molecule has 45 heavy (non-hydrogen) atoms. The van der Waals surface area contributed by atoms with Crippen LogP contribution in [-0.4, -0.2) is 118 Å². The molecule has 2 aromatic carbocycles. The first kappa shape index (κ1) is 31.6. The van der Waals surface area contributed by atoms with E-state index >= 15 is 0 Å². The Morgan fingerprint density at radius 1 is 0.978 bits per heavy atom. The maximum atomic E-state index is 14.5. The molecule has 0 aliphatic carbocycles. The van der Waals surface area contributed by atoms with Crippen molar-refractivity contribution in [1.29, 1.82) is 0 Å². The molecule has 2 aromatic rings. The van der Waals surface area contributed by atoms with Crippen LogP contribution in [0.4, 0.5) is 15.3 Å². The average Bonchev–Trinajstić information content (AvgIpc) is 3.23. The van der Waals surface area contributed by atoms with E-state index in [0.717, 1.165) is 56.0 Å². The van der Waals surface area contributed by atoms with Crippen molar-refractivity contribution in [2.45, 2.75) is 56.7 Å². The first-order valence-corrected chi connectivity index (χ1v) is 16.8. The topological polar surface area (TPSA) is 126 Å². The molecule has 3 saturated heterocycles. The van der Waals surface area contributed by atoms with Gasteiger partial charge in [-0.25, -0.2) is 9.59 Å². The number of morpholine rings is 1. The number of ether oxygens (including phenoxy) is 1. The number of amides is 4. The Bertz CT molecular complexity index is 1400. The first-order chi connectivity index (χ1) is 21.8. The number of phenols is 1. The summed E-state index contributed by atoms with van der Waals surface area (Å²) in [5, 5.41) is 23.5. The second-order valence-corrected chi connectivity index (χ2v) is 13.4. The van der Waals surface area contributed by atoms with E-state index < -0.39 is 18.1 Å². The standard InChI is InChI=1S/C33H42BrN5O6/c34-27-20-22(5-6-30(27)40)19-26(31(41)37-11-8-24(9-12-37)36-15-17-45-18-16-36)29-21-25(10-14-39(29)33(43)44)38-13-7-23-3-1-2-4-28(23)35-32(38)42/h1-6,20,24-26,29,40H,7-19,21H2,(H,35,42)(H,43,44)/t25?,26?,29-/m1/s1. The summed E-state index contributed by atoms with van der Waals surface area (Å²) >= 11 is 3.40. The van der Waals surface area contributed by atoms with Gasteiger partial charge in [-0.3, -0.25) is 9.69 Å². The molecule has 3 N–H and O–H groups in total. The van der Waals surface area contributed by atoms with Crippen LogP contribution in [0.2, 0.25) is 0 Å². The number of rotatable bonds is 6. The van der Waals surface area contributed by atoms with Crippen LogP contribution in [0.3, 0.4) is 0 Å². The van der Waals surface area contributed by atoms with Crippen LogP contribution in [-0.2, 0) is 22.4 Å². The average molecular weight is 685 g/mol. The molecule has 11 nitrogen and oxygen atoms in total. The van der Waals surface area contributed by atoms with Crippen molar-refractivity contribution < 1.29 is 29.3 Å². The summed E-state index contributed by atoms with van der Waals surface area (Å²) in [5.74, 6) is -0.596. The van der Waals surface area contributed by atoms with E-state index in [1.807, 2.05) is 34.1 Å². The zero-order chi connectivity index (χ0) is 31.5. The number of hydrogen-bond acceptors (Lipinski definition) is 6. The predicted octanol–water partition coefficient (Wildman–Crippen LogP) is 4.24. The fourth-order valence-corrected chi connectivity index (χ4v) is 7.99. The van der Waals surface area contributed by atoms with E-state index in [2.05, 4.69) is 26.1 Å². The summed E-state index contributed by atoms with van der Waals surface area (Å²) in [6, 6.07) is 12.3. The number of carbonyl (C=O) groups excluding carboxylic acids is 2. The monoisotopic (exact) mass is 683 g/mol. The lowest BCUT2D eigenvalue weighted by Crippen LogP contribution is -2.59. The predicted molar refractivity (Wildman–Crippen MR) is 172 cm³/mol. The number of hydrogen-bond donors (Lipinski definition) is 3. The molecule has 0 radical (unpaired) electrons.